The van der Waals surface area contributed by atoms with Crippen LogP contribution in [0.1, 0.15) is 44.3 Å². The Morgan fingerprint density at radius 3 is 2.80 bits per heavy atom. The van der Waals surface area contributed by atoms with E-state index >= 15 is 0 Å². The molecule has 2 rings (SSSR count). The van der Waals surface area contributed by atoms with E-state index in [0.29, 0.717) is 13.0 Å². The van der Waals surface area contributed by atoms with Crippen LogP contribution >= 0.6 is 15.9 Å². The van der Waals surface area contributed by atoms with E-state index < -0.39 is 18.1 Å². The normalized spacial score (nSPS) is 25.7. The molecule has 0 aliphatic heterocycles. The van der Waals surface area contributed by atoms with Gasteiger partial charge in [0.25, 0.3) is 0 Å². The lowest BCUT2D eigenvalue weighted by Gasteiger charge is -2.34. The molecule has 1 heterocycles. The molecule has 3 atom stereocenters. The van der Waals surface area contributed by atoms with Crippen molar-refractivity contribution in [3.05, 3.63) is 16.4 Å². The van der Waals surface area contributed by atoms with Crippen molar-refractivity contribution in [2.45, 2.75) is 51.4 Å². The van der Waals surface area contributed by atoms with Crippen LogP contribution < -0.4 is 5.73 Å². The summed E-state index contributed by atoms with van der Waals surface area (Å²) in [6.07, 6.45) is -0.786. The smallest absolute Gasteiger partial charge is 0.322 e. The van der Waals surface area contributed by atoms with Gasteiger partial charge in [0.15, 0.2) is 0 Å². The average Bonchev–Trinajstić information content (AvgIpc) is 2.78. The number of aryl methyl sites for hydroxylation is 1. The first-order valence-electron chi connectivity index (χ1n) is 6.88. The Labute approximate surface area is 124 Å². The fraction of sp³-hybridized carbons (Fsp3) is 0.769. The first-order valence-corrected chi connectivity index (χ1v) is 7.67. The van der Waals surface area contributed by atoms with Gasteiger partial charge in [0, 0.05) is 6.54 Å². The van der Waals surface area contributed by atoms with Crippen LogP contribution in [-0.4, -0.2) is 16.0 Å². The zero-order chi connectivity index (χ0) is 14.9. The molecule has 0 spiro atoms. The van der Waals surface area contributed by atoms with Gasteiger partial charge >= 0.3 is 6.18 Å². The van der Waals surface area contributed by atoms with Crippen LogP contribution in [0.25, 0.3) is 0 Å². The summed E-state index contributed by atoms with van der Waals surface area (Å²) in [5, 5.41) is 4.19. The fourth-order valence-corrected chi connectivity index (χ4v) is 3.59. The predicted molar refractivity (Wildman–Crippen MR) is 74.0 cm³/mol. The summed E-state index contributed by atoms with van der Waals surface area (Å²) in [5.74, 6) is -1.36. The van der Waals surface area contributed by atoms with Crippen LogP contribution in [0.3, 0.4) is 0 Å². The van der Waals surface area contributed by atoms with Gasteiger partial charge in [-0.15, -0.1) is 0 Å². The van der Waals surface area contributed by atoms with Crippen molar-refractivity contribution in [1.29, 1.82) is 0 Å². The van der Waals surface area contributed by atoms with Gasteiger partial charge in [-0.25, -0.2) is 0 Å². The monoisotopic (exact) mass is 353 g/mol. The van der Waals surface area contributed by atoms with Crippen molar-refractivity contribution in [3.8, 4) is 0 Å². The SMILES string of the molecule is CCn1ncc(Br)c1C(N)C1CCCC(C(F)(F)F)C1. The Bertz CT molecular complexity index is 458. The van der Waals surface area contributed by atoms with Crippen LogP contribution in [0.15, 0.2) is 10.7 Å². The maximum absolute atomic E-state index is 12.9. The van der Waals surface area contributed by atoms with E-state index in [9.17, 15) is 13.2 Å². The van der Waals surface area contributed by atoms with Crippen LogP contribution in [0, 0.1) is 11.8 Å². The summed E-state index contributed by atoms with van der Waals surface area (Å²) >= 11 is 3.39. The molecule has 1 aromatic heterocycles. The molecule has 1 aromatic rings. The summed E-state index contributed by atoms with van der Waals surface area (Å²) in [4.78, 5) is 0. The third-order valence-corrected chi connectivity index (χ3v) is 4.75. The molecule has 1 fully saturated rings. The van der Waals surface area contributed by atoms with Gasteiger partial charge in [-0.2, -0.15) is 18.3 Å². The minimum absolute atomic E-state index is 0.117. The van der Waals surface area contributed by atoms with Crippen molar-refractivity contribution in [2.24, 2.45) is 17.6 Å². The van der Waals surface area contributed by atoms with E-state index in [1.807, 2.05) is 6.92 Å². The van der Waals surface area contributed by atoms with Gasteiger partial charge in [-0.1, -0.05) is 6.42 Å². The summed E-state index contributed by atoms with van der Waals surface area (Å²) in [6, 6.07) is -0.406. The van der Waals surface area contributed by atoms with Crippen molar-refractivity contribution in [2.75, 3.05) is 0 Å². The Balaban J connectivity index is 2.16. The number of hydrogen-bond acceptors (Lipinski definition) is 2. The number of rotatable bonds is 3. The third kappa shape index (κ3) is 3.19. The second-order valence-corrected chi connectivity index (χ2v) is 6.24. The van der Waals surface area contributed by atoms with E-state index in [2.05, 4.69) is 21.0 Å². The molecule has 0 saturated heterocycles. The number of alkyl halides is 3. The van der Waals surface area contributed by atoms with Crippen LogP contribution in [0.2, 0.25) is 0 Å². The van der Waals surface area contributed by atoms with Crippen LogP contribution in [-0.2, 0) is 6.54 Å². The quantitative estimate of drug-likeness (QED) is 0.891. The molecule has 114 valence electrons. The molecule has 1 aliphatic rings. The molecule has 1 aliphatic carbocycles. The van der Waals surface area contributed by atoms with E-state index in [1.54, 1.807) is 10.9 Å². The minimum Gasteiger partial charge on any atom is -0.322 e. The highest BCUT2D eigenvalue weighted by Crippen LogP contribution is 2.44. The molecule has 1 saturated carbocycles. The summed E-state index contributed by atoms with van der Waals surface area (Å²) in [7, 11) is 0. The molecule has 0 bridgehead atoms. The molecule has 2 N–H and O–H groups in total. The van der Waals surface area contributed by atoms with E-state index in [4.69, 9.17) is 5.73 Å². The van der Waals surface area contributed by atoms with Gasteiger partial charge in [0.2, 0.25) is 0 Å². The standard InChI is InChI=1S/C13H19BrF3N3/c1-2-20-12(10(14)7-19-20)11(18)8-4-3-5-9(6-8)13(15,16)17/h7-9,11H,2-6,18H2,1H3. The third-order valence-electron chi connectivity index (χ3n) is 4.13. The molecule has 3 unspecified atom stereocenters. The minimum atomic E-state index is -4.11. The van der Waals surface area contributed by atoms with Gasteiger partial charge in [0.1, 0.15) is 0 Å². The van der Waals surface area contributed by atoms with Crippen LogP contribution in [0.5, 0.6) is 0 Å². The zero-order valence-corrected chi connectivity index (χ0v) is 12.9. The largest absolute Gasteiger partial charge is 0.391 e. The van der Waals surface area contributed by atoms with Crippen molar-refractivity contribution in [3.63, 3.8) is 0 Å². The van der Waals surface area contributed by atoms with Crippen molar-refractivity contribution < 1.29 is 13.2 Å². The van der Waals surface area contributed by atoms with E-state index in [1.165, 1.54) is 0 Å². The van der Waals surface area contributed by atoms with E-state index in [-0.39, 0.29) is 18.8 Å². The highest BCUT2D eigenvalue weighted by atomic mass is 79.9. The zero-order valence-electron chi connectivity index (χ0n) is 11.3. The second-order valence-electron chi connectivity index (χ2n) is 5.38. The van der Waals surface area contributed by atoms with Gasteiger partial charge in [0.05, 0.1) is 28.3 Å². The molecular formula is C13H19BrF3N3. The lowest BCUT2D eigenvalue weighted by molar-refractivity contribution is -0.186. The maximum Gasteiger partial charge on any atom is 0.391 e. The lowest BCUT2D eigenvalue weighted by Crippen LogP contribution is -2.34. The first-order chi connectivity index (χ1) is 9.34. The molecule has 3 nitrogen and oxygen atoms in total. The lowest BCUT2D eigenvalue weighted by atomic mass is 9.77. The van der Waals surface area contributed by atoms with Crippen molar-refractivity contribution >= 4 is 15.9 Å². The summed E-state index contributed by atoms with van der Waals surface area (Å²) in [5.41, 5.74) is 7.04. The van der Waals surface area contributed by atoms with Gasteiger partial charge in [-0.3, -0.25) is 4.68 Å². The highest BCUT2D eigenvalue weighted by molar-refractivity contribution is 9.10. The Morgan fingerprint density at radius 2 is 2.20 bits per heavy atom. The first kappa shape index (κ1) is 15.8. The molecule has 7 heteroatoms. The molecular weight excluding hydrogens is 335 g/mol. The Hall–Kier alpha value is -0.560. The predicted octanol–water partition coefficient (Wildman–Crippen LogP) is 4.03. The average molecular weight is 354 g/mol. The van der Waals surface area contributed by atoms with Gasteiger partial charge < -0.3 is 5.73 Å². The highest BCUT2D eigenvalue weighted by Gasteiger charge is 2.43. The number of nitrogens with zero attached hydrogens (tertiary/aromatic N) is 2. The molecule has 20 heavy (non-hydrogen) atoms. The summed E-state index contributed by atoms with van der Waals surface area (Å²) < 4.78 is 41.2. The summed E-state index contributed by atoms with van der Waals surface area (Å²) in [6.45, 7) is 2.60. The second kappa shape index (κ2) is 6.05. The van der Waals surface area contributed by atoms with Crippen LogP contribution in [0.4, 0.5) is 13.2 Å². The molecule has 0 radical (unpaired) electrons. The van der Waals surface area contributed by atoms with Gasteiger partial charge in [-0.05, 0) is 48.0 Å². The maximum atomic E-state index is 12.9. The number of hydrogen-bond donors (Lipinski definition) is 1. The fourth-order valence-electron chi connectivity index (χ4n) is 3.03. The Morgan fingerprint density at radius 1 is 1.50 bits per heavy atom. The molecule has 0 amide bonds. The Kier molecular flexibility index (Phi) is 4.79. The number of aromatic nitrogens is 2. The number of halogens is 4. The topological polar surface area (TPSA) is 43.8 Å². The molecule has 0 aromatic carbocycles. The van der Waals surface area contributed by atoms with Crippen molar-refractivity contribution in [1.82, 2.24) is 9.78 Å². The van der Waals surface area contributed by atoms with E-state index in [0.717, 1.165) is 16.6 Å². The number of nitrogens with two attached hydrogens (primary N) is 1.